The molecule has 3 N–H and O–H groups in total. The number of nitrogens with one attached hydrogen (secondary N) is 2. The number of carboxylic acid groups (broad SMARTS) is 1. The second-order valence-electron chi connectivity index (χ2n) is 8.97. The average Bonchev–Trinajstić information content (AvgIpc) is 2.97. The number of nitrogens with zero attached hydrogens (tertiary/aromatic N) is 2. The number of benzene rings is 2. The lowest BCUT2D eigenvalue weighted by Crippen LogP contribution is -2.40. The van der Waals surface area contributed by atoms with Crippen molar-refractivity contribution in [2.24, 2.45) is 0 Å². The smallest absolute Gasteiger partial charge is 0.303 e. The fourth-order valence-corrected chi connectivity index (χ4v) is 4.52. The molecule has 4 rings (SSSR count). The minimum atomic E-state index is -0.816. The van der Waals surface area contributed by atoms with E-state index >= 15 is 0 Å². The van der Waals surface area contributed by atoms with Crippen LogP contribution in [0.5, 0.6) is 5.75 Å². The molecule has 0 saturated carbocycles. The van der Waals surface area contributed by atoms with Crippen LogP contribution in [-0.4, -0.2) is 53.5 Å². The molecule has 8 nitrogen and oxygen atoms in total. The zero-order valence-electron chi connectivity index (χ0n) is 19.5. The SMILES string of the molecule is CC(=N)N1CCC(Oc2ccc(CN3C(=O)CNCc4cc(CCC(=O)O)ccc43)cc2)CC1. The number of carbonyl (C=O) groups excluding carboxylic acids is 1. The Bertz CT molecular complexity index is 1050. The summed E-state index contributed by atoms with van der Waals surface area (Å²) < 4.78 is 6.15. The first-order chi connectivity index (χ1) is 16.4. The van der Waals surface area contributed by atoms with Gasteiger partial charge in [0, 0.05) is 44.6 Å². The number of aliphatic carboxylic acids is 1. The van der Waals surface area contributed by atoms with Crippen LogP contribution in [-0.2, 0) is 29.1 Å². The first kappa shape index (κ1) is 23.8. The molecule has 0 aliphatic carbocycles. The Kier molecular flexibility index (Phi) is 7.47. The number of aryl methyl sites for hydroxylation is 1. The van der Waals surface area contributed by atoms with Crippen LogP contribution in [0.2, 0.25) is 0 Å². The maximum absolute atomic E-state index is 12.8. The molecule has 0 bridgehead atoms. The standard InChI is InChI=1S/C26H32N4O4/c1-18(27)29-12-10-23(11-13-29)34-22-6-2-20(3-7-22)17-30-24-8-4-19(5-9-26(32)33)14-21(24)15-28-16-25(30)31/h2-4,6-8,14,23,27-28H,5,9-13,15-17H2,1H3,(H,32,33). The van der Waals surface area contributed by atoms with Gasteiger partial charge >= 0.3 is 5.97 Å². The fourth-order valence-electron chi connectivity index (χ4n) is 4.52. The molecule has 1 fully saturated rings. The molecule has 2 aromatic carbocycles. The number of hydrogen-bond donors (Lipinski definition) is 3. The van der Waals surface area contributed by atoms with Gasteiger partial charge in [0.25, 0.3) is 0 Å². The zero-order chi connectivity index (χ0) is 24.1. The van der Waals surface area contributed by atoms with Crippen LogP contribution in [0, 0.1) is 5.41 Å². The number of fused-ring (bicyclic) bond motifs is 1. The molecule has 2 aliphatic rings. The lowest BCUT2D eigenvalue weighted by Gasteiger charge is -2.32. The van der Waals surface area contributed by atoms with E-state index < -0.39 is 5.97 Å². The van der Waals surface area contributed by atoms with Crippen LogP contribution >= 0.6 is 0 Å². The van der Waals surface area contributed by atoms with Gasteiger partial charge in [-0.1, -0.05) is 24.3 Å². The first-order valence-electron chi connectivity index (χ1n) is 11.8. The molecular weight excluding hydrogens is 432 g/mol. The van der Waals surface area contributed by atoms with E-state index in [-0.39, 0.29) is 25.0 Å². The molecule has 1 amide bonds. The topological polar surface area (TPSA) is 106 Å². The van der Waals surface area contributed by atoms with Crippen molar-refractivity contribution in [1.82, 2.24) is 10.2 Å². The van der Waals surface area contributed by atoms with Gasteiger partial charge in [-0.3, -0.25) is 15.0 Å². The van der Waals surface area contributed by atoms with Gasteiger partial charge in [-0.05, 0) is 48.2 Å². The molecule has 8 heteroatoms. The van der Waals surface area contributed by atoms with Crippen molar-refractivity contribution in [2.45, 2.75) is 51.8 Å². The van der Waals surface area contributed by atoms with Crippen LogP contribution in [0.1, 0.15) is 42.9 Å². The average molecular weight is 465 g/mol. The Morgan fingerprint density at radius 1 is 1.12 bits per heavy atom. The van der Waals surface area contributed by atoms with E-state index in [9.17, 15) is 9.59 Å². The third kappa shape index (κ3) is 5.94. The largest absolute Gasteiger partial charge is 0.490 e. The Hall–Kier alpha value is -3.39. The predicted molar refractivity (Wildman–Crippen MR) is 130 cm³/mol. The van der Waals surface area contributed by atoms with Crippen LogP contribution in [0.15, 0.2) is 42.5 Å². The number of likely N-dealkylation sites (tertiary alicyclic amines) is 1. The van der Waals surface area contributed by atoms with Crippen molar-refractivity contribution < 1.29 is 19.4 Å². The summed E-state index contributed by atoms with van der Waals surface area (Å²) in [4.78, 5) is 27.6. The van der Waals surface area contributed by atoms with Gasteiger partial charge in [0.15, 0.2) is 0 Å². The highest BCUT2D eigenvalue weighted by molar-refractivity contribution is 5.96. The Morgan fingerprint density at radius 3 is 2.50 bits per heavy atom. The van der Waals surface area contributed by atoms with Gasteiger partial charge in [-0.25, -0.2) is 0 Å². The number of carbonyl (C=O) groups is 2. The van der Waals surface area contributed by atoms with Crippen LogP contribution in [0.3, 0.4) is 0 Å². The Labute approximate surface area is 200 Å². The van der Waals surface area contributed by atoms with Gasteiger partial charge in [0.05, 0.1) is 18.9 Å². The molecular formula is C26H32N4O4. The lowest BCUT2D eigenvalue weighted by molar-refractivity contribution is -0.137. The summed E-state index contributed by atoms with van der Waals surface area (Å²) in [6.45, 7) is 4.80. The summed E-state index contributed by atoms with van der Waals surface area (Å²) in [5.74, 6) is 0.620. The third-order valence-corrected chi connectivity index (χ3v) is 6.44. The zero-order valence-corrected chi connectivity index (χ0v) is 19.5. The van der Waals surface area contributed by atoms with Crippen LogP contribution in [0.4, 0.5) is 5.69 Å². The molecule has 180 valence electrons. The molecule has 34 heavy (non-hydrogen) atoms. The number of amidine groups is 1. The van der Waals surface area contributed by atoms with Crippen molar-refractivity contribution in [1.29, 1.82) is 5.41 Å². The highest BCUT2D eigenvalue weighted by Crippen LogP contribution is 2.27. The summed E-state index contributed by atoms with van der Waals surface area (Å²) in [5.41, 5.74) is 3.83. The summed E-state index contributed by atoms with van der Waals surface area (Å²) in [6.07, 6.45) is 2.52. The number of hydrogen-bond acceptors (Lipinski definition) is 5. The van der Waals surface area contributed by atoms with E-state index in [1.54, 1.807) is 4.90 Å². The highest BCUT2D eigenvalue weighted by atomic mass is 16.5. The third-order valence-electron chi connectivity index (χ3n) is 6.44. The normalized spacial score (nSPS) is 16.7. The lowest BCUT2D eigenvalue weighted by atomic mass is 10.0. The number of anilines is 1. The second-order valence-corrected chi connectivity index (χ2v) is 8.97. The molecule has 2 heterocycles. The maximum atomic E-state index is 12.8. The van der Waals surface area contributed by atoms with Crippen molar-refractivity contribution in [3.8, 4) is 5.75 Å². The summed E-state index contributed by atoms with van der Waals surface area (Å²) >= 11 is 0. The van der Waals surface area contributed by atoms with E-state index in [2.05, 4.69) is 10.2 Å². The highest BCUT2D eigenvalue weighted by Gasteiger charge is 2.23. The number of amides is 1. The maximum Gasteiger partial charge on any atom is 0.303 e. The van der Waals surface area contributed by atoms with Crippen LogP contribution in [0.25, 0.3) is 0 Å². The van der Waals surface area contributed by atoms with E-state index in [1.807, 2.05) is 49.4 Å². The van der Waals surface area contributed by atoms with E-state index in [1.165, 1.54) is 0 Å². The van der Waals surface area contributed by atoms with Crippen LogP contribution < -0.4 is 15.0 Å². The predicted octanol–water partition coefficient (Wildman–Crippen LogP) is 3.18. The van der Waals surface area contributed by atoms with E-state index in [0.29, 0.717) is 25.3 Å². The fraction of sp³-hybridized carbons (Fsp3) is 0.423. The van der Waals surface area contributed by atoms with Gasteiger partial charge in [-0.15, -0.1) is 0 Å². The molecule has 2 aliphatic heterocycles. The summed E-state index contributed by atoms with van der Waals surface area (Å²) in [6, 6.07) is 13.8. The quantitative estimate of drug-likeness (QED) is 0.429. The second kappa shape index (κ2) is 10.7. The van der Waals surface area contributed by atoms with Crippen molar-refractivity contribution in [2.75, 3.05) is 24.5 Å². The number of carboxylic acids is 1. The van der Waals surface area contributed by atoms with Gasteiger partial charge in [0.2, 0.25) is 5.91 Å². The molecule has 2 aromatic rings. The van der Waals surface area contributed by atoms with E-state index in [0.717, 1.165) is 54.1 Å². The molecule has 0 aromatic heterocycles. The monoisotopic (exact) mass is 464 g/mol. The minimum absolute atomic E-state index is 0.00520. The molecule has 1 saturated heterocycles. The van der Waals surface area contributed by atoms with Crippen molar-refractivity contribution in [3.63, 3.8) is 0 Å². The van der Waals surface area contributed by atoms with Crippen molar-refractivity contribution >= 4 is 23.4 Å². The minimum Gasteiger partial charge on any atom is -0.490 e. The van der Waals surface area contributed by atoms with Gasteiger partial charge < -0.3 is 25.0 Å². The van der Waals surface area contributed by atoms with Gasteiger partial charge in [0.1, 0.15) is 11.9 Å². The molecule has 0 atom stereocenters. The van der Waals surface area contributed by atoms with Crippen molar-refractivity contribution in [3.05, 3.63) is 59.2 Å². The Balaban J connectivity index is 1.41. The van der Waals surface area contributed by atoms with Gasteiger partial charge in [-0.2, -0.15) is 0 Å². The molecule has 0 spiro atoms. The molecule has 0 unspecified atom stereocenters. The number of piperidine rings is 1. The number of rotatable bonds is 7. The number of ether oxygens (including phenoxy) is 1. The molecule has 0 radical (unpaired) electrons. The Morgan fingerprint density at radius 2 is 1.82 bits per heavy atom. The first-order valence-corrected chi connectivity index (χ1v) is 11.8. The summed E-state index contributed by atoms with van der Waals surface area (Å²) in [7, 11) is 0. The summed E-state index contributed by atoms with van der Waals surface area (Å²) in [5, 5.41) is 19.9. The van der Waals surface area contributed by atoms with E-state index in [4.69, 9.17) is 15.3 Å².